The number of para-hydroxylation sites is 2. The number of amidine groups is 1. The van der Waals surface area contributed by atoms with Crippen molar-refractivity contribution in [2.45, 2.75) is 13.5 Å². The third-order valence-electron chi connectivity index (χ3n) is 4.83. The third kappa shape index (κ3) is 5.92. The minimum atomic E-state index is -0.209. The molecular weight excluding hydrogens is 472 g/mol. The van der Waals surface area contributed by atoms with E-state index in [2.05, 4.69) is 10.3 Å². The molecule has 8 heteroatoms. The lowest BCUT2D eigenvalue weighted by Gasteiger charge is -2.13. The molecule has 6 nitrogen and oxygen atoms in total. The van der Waals surface area contributed by atoms with E-state index >= 15 is 0 Å². The van der Waals surface area contributed by atoms with Crippen molar-refractivity contribution >= 4 is 46.2 Å². The zero-order valence-corrected chi connectivity index (χ0v) is 20.3. The summed E-state index contributed by atoms with van der Waals surface area (Å²) >= 11 is 7.22. The molecule has 1 fully saturated rings. The maximum absolute atomic E-state index is 12.5. The van der Waals surface area contributed by atoms with Crippen molar-refractivity contribution in [3.05, 3.63) is 87.8 Å². The molecule has 0 atom stereocenters. The minimum Gasteiger partial charge on any atom is -0.494 e. The highest BCUT2D eigenvalue weighted by atomic mass is 35.5. The molecule has 1 amide bonds. The fourth-order valence-electron chi connectivity index (χ4n) is 3.21. The van der Waals surface area contributed by atoms with Crippen LogP contribution in [0.1, 0.15) is 18.1 Å². The number of halogens is 1. The number of ether oxygens (including phenoxy) is 3. The van der Waals surface area contributed by atoms with E-state index in [9.17, 15) is 4.79 Å². The average molecular weight is 495 g/mol. The molecular formula is C26H23ClN2O4S. The Bertz CT molecular complexity index is 1240. The summed E-state index contributed by atoms with van der Waals surface area (Å²) < 4.78 is 17.1. The van der Waals surface area contributed by atoms with Gasteiger partial charge < -0.3 is 19.5 Å². The lowest BCUT2D eigenvalue weighted by molar-refractivity contribution is -0.115. The number of rotatable bonds is 8. The molecule has 3 aromatic carbocycles. The number of methoxy groups -OCH3 is 1. The number of amides is 1. The van der Waals surface area contributed by atoms with Gasteiger partial charge >= 0.3 is 0 Å². The van der Waals surface area contributed by atoms with Gasteiger partial charge in [0, 0.05) is 5.02 Å². The molecule has 1 saturated heterocycles. The number of nitrogens with zero attached hydrogens (tertiary/aromatic N) is 1. The molecule has 34 heavy (non-hydrogen) atoms. The SMILES string of the molecule is CCOc1cc(C=C2SC(=Nc3ccccc3OC)NC2=O)ccc1OCc1ccc(Cl)cc1. The summed E-state index contributed by atoms with van der Waals surface area (Å²) in [5.41, 5.74) is 2.47. The number of hydrogen-bond donors (Lipinski definition) is 1. The Morgan fingerprint density at radius 1 is 1.00 bits per heavy atom. The second-order valence-electron chi connectivity index (χ2n) is 7.21. The molecule has 3 aromatic rings. The van der Waals surface area contributed by atoms with E-state index in [4.69, 9.17) is 25.8 Å². The second kappa shape index (κ2) is 11.1. The lowest BCUT2D eigenvalue weighted by Crippen LogP contribution is -2.19. The van der Waals surface area contributed by atoms with Crippen molar-refractivity contribution in [3.8, 4) is 17.2 Å². The Morgan fingerprint density at radius 2 is 1.79 bits per heavy atom. The Hall–Kier alpha value is -3.42. The van der Waals surface area contributed by atoms with Crippen LogP contribution in [0.5, 0.6) is 17.2 Å². The highest BCUT2D eigenvalue weighted by Gasteiger charge is 2.24. The summed E-state index contributed by atoms with van der Waals surface area (Å²) in [6.07, 6.45) is 1.80. The Kier molecular flexibility index (Phi) is 7.77. The van der Waals surface area contributed by atoms with Crippen molar-refractivity contribution in [2.24, 2.45) is 4.99 Å². The van der Waals surface area contributed by atoms with Gasteiger partial charge in [-0.1, -0.05) is 41.9 Å². The Balaban J connectivity index is 1.51. The van der Waals surface area contributed by atoms with Gasteiger partial charge in [0.1, 0.15) is 18.0 Å². The number of hydrogen-bond acceptors (Lipinski definition) is 6. The molecule has 1 N–H and O–H groups in total. The maximum atomic E-state index is 12.5. The van der Waals surface area contributed by atoms with Crippen molar-refractivity contribution in [1.29, 1.82) is 0 Å². The molecule has 0 radical (unpaired) electrons. The van der Waals surface area contributed by atoms with E-state index in [0.717, 1.165) is 11.1 Å². The highest BCUT2D eigenvalue weighted by Crippen LogP contribution is 2.34. The number of benzene rings is 3. The van der Waals surface area contributed by atoms with Gasteiger partial charge in [-0.05, 0) is 72.3 Å². The first-order valence-corrected chi connectivity index (χ1v) is 11.8. The summed E-state index contributed by atoms with van der Waals surface area (Å²) in [5, 5.41) is 3.98. The summed E-state index contributed by atoms with van der Waals surface area (Å²) in [5.74, 6) is 1.66. The van der Waals surface area contributed by atoms with Gasteiger partial charge in [-0.25, -0.2) is 4.99 Å². The van der Waals surface area contributed by atoms with Crippen molar-refractivity contribution in [2.75, 3.05) is 13.7 Å². The molecule has 0 aliphatic carbocycles. The van der Waals surface area contributed by atoms with Crippen LogP contribution in [0, 0.1) is 0 Å². The van der Waals surface area contributed by atoms with Gasteiger partial charge in [-0.15, -0.1) is 0 Å². The monoisotopic (exact) mass is 494 g/mol. The first kappa shape index (κ1) is 23.7. The van der Waals surface area contributed by atoms with Gasteiger partial charge in [0.05, 0.1) is 18.6 Å². The van der Waals surface area contributed by atoms with E-state index in [1.54, 1.807) is 13.2 Å². The largest absolute Gasteiger partial charge is 0.494 e. The topological polar surface area (TPSA) is 69.2 Å². The van der Waals surface area contributed by atoms with Gasteiger partial charge in [-0.3, -0.25) is 4.79 Å². The average Bonchev–Trinajstić information content (AvgIpc) is 3.18. The Labute approximate surface area is 207 Å². The summed E-state index contributed by atoms with van der Waals surface area (Å²) in [7, 11) is 1.59. The summed E-state index contributed by atoms with van der Waals surface area (Å²) in [6, 6.07) is 20.5. The first-order chi connectivity index (χ1) is 16.6. The van der Waals surface area contributed by atoms with E-state index in [1.165, 1.54) is 11.8 Å². The molecule has 1 heterocycles. The highest BCUT2D eigenvalue weighted by molar-refractivity contribution is 8.18. The molecule has 0 unspecified atom stereocenters. The fraction of sp³-hybridized carbons (Fsp3) is 0.154. The number of nitrogens with one attached hydrogen (secondary N) is 1. The van der Waals surface area contributed by atoms with E-state index in [1.807, 2.05) is 73.7 Å². The van der Waals surface area contributed by atoms with Crippen molar-refractivity contribution < 1.29 is 19.0 Å². The van der Waals surface area contributed by atoms with Crippen LogP contribution in [0.2, 0.25) is 5.02 Å². The van der Waals surface area contributed by atoms with Crippen LogP contribution in [0.4, 0.5) is 5.69 Å². The molecule has 1 aliphatic rings. The predicted molar refractivity (Wildman–Crippen MR) is 137 cm³/mol. The smallest absolute Gasteiger partial charge is 0.264 e. The van der Waals surface area contributed by atoms with Crippen LogP contribution in [0.3, 0.4) is 0 Å². The molecule has 0 aromatic heterocycles. The molecule has 4 rings (SSSR count). The van der Waals surface area contributed by atoms with Gasteiger partial charge in [0.2, 0.25) is 0 Å². The van der Waals surface area contributed by atoms with E-state index in [0.29, 0.717) is 51.2 Å². The second-order valence-corrected chi connectivity index (χ2v) is 8.67. The lowest BCUT2D eigenvalue weighted by atomic mass is 10.2. The van der Waals surface area contributed by atoms with Crippen molar-refractivity contribution in [3.63, 3.8) is 0 Å². The quantitative estimate of drug-likeness (QED) is 0.376. The Morgan fingerprint density at radius 3 is 2.56 bits per heavy atom. The van der Waals surface area contributed by atoms with Crippen LogP contribution in [0.15, 0.2) is 76.6 Å². The molecule has 0 bridgehead atoms. The molecule has 0 spiro atoms. The van der Waals surface area contributed by atoms with Gasteiger partial charge in [0.25, 0.3) is 5.91 Å². The normalized spacial score (nSPS) is 15.4. The van der Waals surface area contributed by atoms with Crippen LogP contribution in [-0.2, 0) is 11.4 Å². The number of aliphatic imine (C=N–C) groups is 1. The molecule has 1 aliphatic heterocycles. The van der Waals surface area contributed by atoms with E-state index in [-0.39, 0.29) is 5.91 Å². The van der Waals surface area contributed by atoms with Crippen LogP contribution >= 0.6 is 23.4 Å². The standard InChI is InChI=1S/C26H23ClN2O4S/c1-3-32-23-14-18(10-13-22(23)33-16-17-8-11-19(27)12-9-17)15-24-25(30)29-26(34-24)28-20-6-4-5-7-21(20)31-2/h4-15H,3,16H2,1-2H3,(H,28,29,30). The zero-order valence-electron chi connectivity index (χ0n) is 18.7. The number of thioether (sulfide) groups is 1. The first-order valence-electron chi connectivity index (χ1n) is 10.6. The third-order valence-corrected chi connectivity index (χ3v) is 5.99. The van der Waals surface area contributed by atoms with Crippen LogP contribution < -0.4 is 19.5 Å². The molecule has 0 saturated carbocycles. The maximum Gasteiger partial charge on any atom is 0.264 e. The summed E-state index contributed by atoms with van der Waals surface area (Å²) in [6.45, 7) is 2.79. The van der Waals surface area contributed by atoms with Crippen molar-refractivity contribution in [1.82, 2.24) is 5.32 Å². The van der Waals surface area contributed by atoms with Crippen LogP contribution in [-0.4, -0.2) is 24.8 Å². The number of carbonyl (C=O) groups excluding carboxylic acids is 1. The minimum absolute atomic E-state index is 0.209. The summed E-state index contributed by atoms with van der Waals surface area (Å²) in [4.78, 5) is 17.6. The fourth-order valence-corrected chi connectivity index (χ4v) is 4.17. The van der Waals surface area contributed by atoms with E-state index < -0.39 is 0 Å². The van der Waals surface area contributed by atoms with Crippen LogP contribution in [0.25, 0.3) is 6.08 Å². The predicted octanol–water partition coefficient (Wildman–Crippen LogP) is 6.22. The molecule has 174 valence electrons. The number of carbonyl (C=O) groups is 1. The van der Waals surface area contributed by atoms with Gasteiger partial charge in [-0.2, -0.15) is 0 Å². The zero-order chi connectivity index (χ0) is 23.9. The van der Waals surface area contributed by atoms with Gasteiger partial charge in [0.15, 0.2) is 16.7 Å².